The number of hydrogen-bond donors (Lipinski definition) is 6. The van der Waals surface area contributed by atoms with Crippen molar-refractivity contribution >= 4 is 23.8 Å². The monoisotopic (exact) mass is 452 g/mol. The van der Waals surface area contributed by atoms with E-state index in [-0.39, 0.29) is 36.6 Å². The van der Waals surface area contributed by atoms with Gasteiger partial charge >= 0.3 is 11.9 Å². The minimum absolute atomic E-state index is 0.0248. The molecule has 0 radical (unpaired) electrons. The average molecular weight is 453 g/mol. The Morgan fingerprint density at radius 3 is 2.06 bits per heavy atom. The van der Waals surface area contributed by atoms with Crippen molar-refractivity contribution in [1.82, 2.24) is 16.0 Å². The minimum Gasteiger partial charge on any atom is -0.481 e. The van der Waals surface area contributed by atoms with Gasteiger partial charge in [0, 0.05) is 12.5 Å². The fraction of sp³-hybridized carbons (Fsp3) is 0.636. The molecule has 10 nitrogen and oxygen atoms in total. The largest absolute Gasteiger partial charge is 0.481 e. The SMILES string of the molecule is CC[C@H](C)[C@H](NC)C(=O)N[C@@H](CCC1C=CC(N)C=C1)C(=O)NC(CCC(=O)O)C(=O)O. The van der Waals surface area contributed by atoms with Crippen LogP contribution in [0.4, 0.5) is 0 Å². The van der Waals surface area contributed by atoms with Crippen LogP contribution in [0.15, 0.2) is 24.3 Å². The van der Waals surface area contributed by atoms with E-state index in [1.165, 1.54) is 0 Å². The van der Waals surface area contributed by atoms with E-state index < -0.39 is 42.4 Å². The van der Waals surface area contributed by atoms with Crippen LogP contribution in [0.2, 0.25) is 0 Å². The van der Waals surface area contributed by atoms with Gasteiger partial charge in [-0.15, -0.1) is 0 Å². The highest BCUT2D eigenvalue weighted by Crippen LogP contribution is 2.17. The number of aliphatic carboxylic acids is 2. The lowest BCUT2D eigenvalue weighted by Gasteiger charge is -2.27. The summed E-state index contributed by atoms with van der Waals surface area (Å²) in [4.78, 5) is 48.0. The van der Waals surface area contributed by atoms with Gasteiger partial charge in [-0.25, -0.2) is 4.79 Å². The van der Waals surface area contributed by atoms with Gasteiger partial charge in [0.05, 0.1) is 6.04 Å². The Morgan fingerprint density at radius 2 is 1.56 bits per heavy atom. The molecule has 10 heteroatoms. The molecule has 0 aliphatic heterocycles. The van der Waals surface area contributed by atoms with Crippen LogP contribution >= 0.6 is 0 Å². The minimum atomic E-state index is -1.36. The molecule has 0 spiro atoms. The number of nitrogens with one attached hydrogen (secondary N) is 3. The van der Waals surface area contributed by atoms with Crippen molar-refractivity contribution < 1.29 is 29.4 Å². The van der Waals surface area contributed by atoms with Crippen LogP contribution in [0.3, 0.4) is 0 Å². The third kappa shape index (κ3) is 9.19. The lowest BCUT2D eigenvalue weighted by atomic mass is 9.93. The van der Waals surface area contributed by atoms with Crippen LogP contribution in [0, 0.1) is 11.8 Å². The number of nitrogens with two attached hydrogens (primary N) is 1. The maximum Gasteiger partial charge on any atom is 0.326 e. The van der Waals surface area contributed by atoms with Crippen LogP contribution in [-0.2, 0) is 19.2 Å². The molecular weight excluding hydrogens is 416 g/mol. The summed E-state index contributed by atoms with van der Waals surface area (Å²) in [5.41, 5.74) is 5.79. The first-order valence-corrected chi connectivity index (χ1v) is 10.9. The van der Waals surface area contributed by atoms with Gasteiger partial charge < -0.3 is 31.9 Å². The first-order chi connectivity index (χ1) is 15.1. The molecule has 0 aromatic carbocycles. The molecule has 0 saturated heterocycles. The number of carboxylic acid groups (broad SMARTS) is 2. The zero-order valence-electron chi connectivity index (χ0n) is 18.9. The second-order valence-electron chi connectivity index (χ2n) is 8.13. The molecule has 1 aliphatic carbocycles. The summed E-state index contributed by atoms with van der Waals surface area (Å²) in [7, 11) is 1.67. The maximum atomic E-state index is 12.9. The molecule has 7 N–H and O–H groups in total. The van der Waals surface area contributed by atoms with Crippen LogP contribution in [0.1, 0.15) is 46.0 Å². The summed E-state index contributed by atoms with van der Waals surface area (Å²) >= 11 is 0. The lowest BCUT2D eigenvalue weighted by molar-refractivity contribution is -0.143. The van der Waals surface area contributed by atoms with Crippen molar-refractivity contribution in [2.45, 2.75) is 70.1 Å². The Balaban J connectivity index is 2.93. The second kappa shape index (κ2) is 13.6. The number of carbonyl (C=O) groups is 4. The van der Waals surface area contributed by atoms with Crippen LogP contribution in [0.25, 0.3) is 0 Å². The zero-order valence-corrected chi connectivity index (χ0v) is 18.9. The van der Waals surface area contributed by atoms with Gasteiger partial charge in [-0.2, -0.15) is 0 Å². The molecule has 180 valence electrons. The predicted molar refractivity (Wildman–Crippen MR) is 120 cm³/mol. The molecule has 1 unspecified atom stereocenters. The highest BCUT2D eigenvalue weighted by atomic mass is 16.4. The number of rotatable bonds is 14. The molecule has 4 atom stereocenters. The van der Waals surface area contributed by atoms with E-state index in [2.05, 4.69) is 16.0 Å². The summed E-state index contributed by atoms with van der Waals surface area (Å²) < 4.78 is 0. The zero-order chi connectivity index (χ0) is 24.3. The van der Waals surface area contributed by atoms with Crippen molar-refractivity contribution in [2.75, 3.05) is 7.05 Å². The van der Waals surface area contributed by atoms with Crippen LogP contribution in [0.5, 0.6) is 0 Å². The Morgan fingerprint density at radius 1 is 0.969 bits per heavy atom. The first kappa shape index (κ1) is 27.3. The fourth-order valence-electron chi connectivity index (χ4n) is 3.46. The first-order valence-electron chi connectivity index (χ1n) is 10.9. The van der Waals surface area contributed by atoms with Crippen molar-refractivity contribution in [3.05, 3.63) is 24.3 Å². The van der Waals surface area contributed by atoms with E-state index in [4.69, 9.17) is 10.8 Å². The summed E-state index contributed by atoms with van der Waals surface area (Å²) in [6, 6.07) is -2.99. The number of carboxylic acids is 2. The summed E-state index contributed by atoms with van der Waals surface area (Å²) in [5.74, 6) is -3.43. The predicted octanol–water partition coefficient (Wildman–Crippen LogP) is 0.389. The molecule has 1 rings (SSSR count). The van der Waals surface area contributed by atoms with Crippen LogP contribution < -0.4 is 21.7 Å². The van der Waals surface area contributed by atoms with Gasteiger partial charge in [-0.05, 0) is 38.1 Å². The van der Waals surface area contributed by atoms with Gasteiger partial charge in [0.15, 0.2) is 0 Å². The molecular formula is C22H36N4O6. The maximum absolute atomic E-state index is 12.9. The number of hydrogen-bond acceptors (Lipinski definition) is 6. The van der Waals surface area contributed by atoms with Crippen molar-refractivity contribution in [3.8, 4) is 0 Å². The van der Waals surface area contributed by atoms with Gasteiger partial charge in [0.25, 0.3) is 0 Å². The van der Waals surface area contributed by atoms with Gasteiger partial charge in [0.1, 0.15) is 12.1 Å². The number of likely N-dealkylation sites (N-methyl/N-ethyl adjacent to an activating group) is 1. The Bertz CT molecular complexity index is 709. The van der Waals surface area contributed by atoms with E-state index in [0.29, 0.717) is 6.42 Å². The van der Waals surface area contributed by atoms with E-state index >= 15 is 0 Å². The quantitative estimate of drug-likeness (QED) is 0.205. The number of allylic oxidation sites excluding steroid dienone is 2. The lowest BCUT2D eigenvalue weighted by Crippen LogP contribution is -2.56. The summed E-state index contributed by atoms with van der Waals surface area (Å²) in [6.45, 7) is 3.88. The van der Waals surface area contributed by atoms with Gasteiger partial charge in [-0.1, -0.05) is 44.6 Å². The summed E-state index contributed by atoms with van der Waals surface area (Å²) in [6.07, 6.45) is 8.48. The molecule has 0 bridgehead atoms. The second-order valence-corrected chi connectivity index (χ2v) is 8.13. The van der Waals surface area contributed by atoms with Gasteiger partial charge in [0.2, 0.25) is 11.8 Å². The van der Waals surface area contributed by atoms with E-state index in [9.17, 15) is 24.3 Å². The van der Waals surface area contributed by atoms with E-state index in [1.54, 1.807) is 7.05 Å². The molecule has 2 amide bonds. The van der Waals surface area contributed by atoms with Crippen molar-refractivity contribution in [3.63, 3.8) is 0 Å². The normalized spacial score (nSPS) is 21.2. The van der Waals surface area contributed by atoms with Crippen molar-refractivity contribution in [1.29, 1.82) is 0 Å². The standard InChI is InChI=1S/C22H36N4O6/c1-4-13(2)19(24-3)21(30)25-16(10-7-14-5-8-15(23)9-6-14)20(29)26-17(22(31)32)11-12-18(27)28/h5-6,8-9,13-17,19,24H,4,7,10-12,23H2,1-3H3,(H,25,30)(H,26,29)(H,27,28)(H,31,32)/t13-,14?,15?,16-,17?,19-/m0/s1. The molecule has 0 aromatic heterocycles. The van der Waals surface area contributed by atoms with Crippen LogP contribution in [-0.4, -0.2) is 65.2 Å². The smallest absolute Gasteiger partial charge is 0.326 e. The molecule has 1 aliphatic rings. The highest BCUT2D eigenvalue weighted by Gasteiger charge is 2.30. The summed E-state index contributed by atoms with van der Waals surface area (Å²) in [5, 5.41) is 26.3. The third-order valence-electron chi connectivity index (χ3n) is 5.65. The molecule has 0 heterocycles. The Hall–Kier alpha value is -2.72. The molecule has 0 aromatic rings. The topological polar surface area (TPSA) is 171 Å². The molecule has 0 fully saturated rings. The highest BCUT2D eigenvalue weighted by molar-refractivity contribution is 5.92. The third-order valence-corrected chi connectivity index (χ3v) is 5.65. The van der Waals surface area contributed by atoms with E-state index in [0.717, 1.165) is 6.42 Å². The average Bonchev–Trinajstić information content (AvgIpc) is 2.74. The fourth-order valence-corrected chi connectivity index (χ4v) is 3.46. The number of amides is 2. The molecule has 0 saturated carbocycles. The number of carbonyl (C=O) groups excluding carboxylic acids is 2. The van der Waals surface area contributed by atoms with Crippen molar-refractivity contribution in [2.24, 2.45) is 17.6 Å². The van der Waals surface area contributed by atoms with E-state index in [1.807, 2.05) is 38.2 Å². The Kier molecular flexibility index (Phi) is 11.6. The van der Waals surface area contributed by atoms with Gasteiger partial charge in [-0.3, -0.25) is 14.4 Å². The Labute approximate surface area is 188 Å². The molecule has 32 heavy (non-hydrogen) atoms.